The molecule has 0 radical (unpaired) electrons. The summed E-state index contributed by atoms with van der Waals surface area (Å²) in [6.45, 7) is 0.984. The number of imide groups is 1. The van der Waals surface area contributed by atoms with Gasteiger partial charge in [0.1, 0.15) is 5.82 Å². The van der Waals surface area contributed by atoms with Crippen molar-refractivity contribution in [3.05, 3.63) is 34.6 Å². The summed E-state index contributed by atoms with van der Waals surface area (Å²) in [6.07, 6.45) is -4.55. The Hall–Kier alpha value is -2.09. The van der Waals surface area contributed by atoms with Gasteiger partial charge in [-0.3, -0.25) is 9.59 Å². The fourth-order valence-electron chi connectivity index (χ4n) is 2.05. The quantitative estimate of drug-likeness (QED) is 0.487. The first-order valence-corrected chi connectivity index (χ1v) is 6.33. The third-order valence-electron chi connectivity index (χ3n) is 3.19. The monoisotopic (exact) mass is 336 g/mol. The number of halogens is 5. The van der Waals surface area contributed by atoms with Crippen molar-refractivity contribution in [2.75, 3.05) is 10.6 Å². The van der Waals surface area contributed by atoms with E-state index in [1.807, 2.05) is 0 Å². The van der Waals surface area contributed by atoms with Crippen molar-refractivity contribution in [3.63, 3.8) is 0 Å². The van der Waals surface area contributed by atoms with Gasteiger partial charge in [0.2, 0.25) is 5.91 Å². The molecule has 0 aliphatic carbocycles. The van der Waals surface area contributed by atoms with E-state index in [-0.39, 0.29) is 16.8 Å². The standard InChI is InChI=1S/C13H9ClF4N2O2/c1-5-6(13(16,17)18)2-11(21)20(12(5)22)10-4-9(19)7(14)3-8(10)15/h2-5H,19H2,1H3. The normalized spacial score (nSPS) is 19.5. The molecule has 22 heavy (non-hydrogen) atoms. The van der Waals surface area contributed by atoms with Gasteiger partial charge in [-0.2, -0.15) is 13.2 Å². The van der Waals surface area contributed by atoms with Gasteiger partial charge in [0.15, 0.2) is 0 Å². The Morgan fingerprint density at radius 3 is 2.41 bits per heavy atom. The van der Waals surface area contributed by atoms with Crippen LogP contribution in [0.1, 0.15) is 6.92 Å². The van der Waals surface area contributed by atoms with Gasteiger partial charge in [0.05, 0.1) is 27.9 Å². The van der Waals surface area contributed by atoms with Gasteiger partial charge in [-0.05, 0) is 19.1 Å². The number of benzene rings is 1. The molecule has 1 unspecified atom stereocenters. The SMILES string of the molecule is CC1C(=O)N(c2cc(N)c(Cl)cc2F)C(=O)C=C1C(F)(F)F. The summed E-state index contributed by atoms with van der Waals surface area (Å²) in [6, 6.07) is 1.70. The van der Waals surface area contributed by atoms with Crippen molar-refractivity contribution in [1.82, 2.24) is 0 Å². The second-order valence-electron chi connectivity index (χ2n) is 4.66. The maximum absolute atomic E-state index is 13.9. The summed E-state index contributed by atoms with van der Waals surface area (Å²) < 4.78 is 52.2. The molecule has 0 bridgehead atoms. The van der Waals surface area contributed by atoms with Gasteiger partial charge in [-0.1, -0.05) is 11.6 Å². The zero-order valence-electron chi connectivity index (χ0n) is 11.0. The lowest BCUT2D eigenvalue weighted by molar-refractivity contribution is -0.134. The van der Waals surface area contributed by atoms with Gasteiger partial charge in [0.25, 0.3) is 5.91 Å². The van der Waals surface area contributed by atoms with Crippen molar-refractivity contribution >= 4 is 34.8 Å². The molecule has 1 heterocycles. The average Bonchev–Trinajstić information content (AvgIpc) is 2.38. The average molecular weight is 337 g/mol. The van der Waals surface area contributed by atoms with Crippen LogP contribution >= 0.6 is 11.6 Å². The molecule has 0 aromatic heterocycles. The van der Waals surface area contributed by atoms with E-state index in [4.69, 9.17) is 17.3 Å². The molecule has 0 spiro atoms. The minimum atomic E-state index is -4.83. The van der Waals surface area contributed by atoms with E-state index >= 15 is 0 Å². The van der Waals surface area contributed by atoms with Crippen LogP contribution in [0.15, 0.2) is 23.8 Å². The second-order valence-corrected chi connectivity index (χ2v) is 5.06. The molecule has 0 saturated carbocycles. The van der Waals surface area contributed by atoms with E-state index < -0.39 is 41.0 Å². The predicted molar refractivity (Wildman–Crippen MR) is 71.6 cm³/mol. The Bertz CT molecular complexity index is 700. The van der Waals surface area contributed by atoms with Gasteiger partial charge in [0, 0.05) is 6.08 Å². The van der Waals surface area contributed by atoms with E-state index in [0.29, 0.717) is 4.90 Å². The zero-order chi connectivity index (χ0) is 16.8. The highest BCUT2D eigenvalue weighted by molar-refractivity contribution is 6.33. The van der Waals surface area contributed by atoms with Crippen LogP contribution in [0, 0.1) is 11.7 Å². The molecule has 1 aromatic carbocycles. The fourth-order valence-corrected chi connectivity index (χ4v) is 2.20. The second kappa shape index (κ2) is 5.28. The molecule has 2 amide bonds. The Morgan fingerprint density at radius 1 is 1.27 bits per heavy atom. The van der Waals surface area contributed by atoms with Gasteiger partial charge >= 0.3 is 6.18 Å². The van der Waals surface area contributed by atoms with Crippen LogP contribution in [0.5, 0.6) is 0 Å². The van der Waals surface area contributed by atoms with Crippen molar-refractivity contribution in [1.29, 1.82) is 0 Å². The first-order valence-electron chi connectivity index (χ1n) is 5.95. The van der Waals surface area contributed by atoms with E-state index in [2.05, 4.69) is 0 Å². The number of alkyl halides is 3. The van der Waals surface area contributed by atoms with Gasteiger partial charge < -0.3 is 5.73 Å². The minimum Gasteiger partial charge on any atom is -0.397 e. The molecule has 1 aliphatic heterocycles. The highest BCUT2D eigenvalue weighted by Crippen LogP contribution is 2.38. The number of hydrogen-bond acceptors (Lipinski definition) is 3. The number of rotatable bonds is 1. The smallest absolute Gasteiger partial charge is 0.397 e. The van der Waals surface area contributed by atoms with E-state index in [9.17, 15) is 27.2 Å². The number of hydrogen-bond donors (Lipinski definition) is 1. The summed E-state index contributed by atoms with van der Waals surface area (Å²) in [5.74, 6) is -5.18. The van der Waals surface area contributed by atoms with Crippen LogP contribution < -0.4 is 10.6 Å². The van der Waals surface area contributed by atoms with Crippen LogP contribution in [-0.4, -0.2) is 18.0 Å². The number of nitrogens with zero attached hydrogens (tertiary/aromatic N) is 1. The maximum atomic E-state index is 13.9. The highest BCUT2D eigenvalue weighted by Gasteiger charge is 2.46. The molecule has 2 N–H and O–H groups in total. The summed E-state index contributed by atoms with van der Waals surface area (Å²) in [4.78, 5) is 24.2. The molecule has 1 atom stereocenters. The first kappa shape index (κ1) is 16.3. The molecule has 2 rings (SSSR count). The molecule has 4 nitrogen and oxygen atoms in total. The van der Waals surface area contributed by atoms with E-state index in [1.165, 1.54) is 0 Å². The lowest BCUT2D eigenvalue weighted by atomic mass is 9.94. The fraction of sp³-hybridized carbons (Fsp3) is 0.231. The van der Waals surface area contributed by atoms with Crippen molar-refractivity contribution in [2.45, 2.75) is 13.1 Å². The zero-order valence-corrected chi connectivity index (χ0v) is 11.8. The summed E-state index contributed by atoms with van der Waals surface area (Å²) in [5, 5.41) is -0.141. The minimum absolute atomic E-state index is 0.114. The molecule has 9 heteroatoms. The van der Waals surface area contributed by atoms with Crippen molar-refractivity contribution in [3.8, 4) is 0 Å². The van der Waals surface area contributed by atoms with E-state index in [0.717, 1.165) is 19.1 Å². The lowest BCUT2D eigenvalue weighted by Crippen LogP contribution is -2.46. The third kappa shape index (κ3) is 2.66. The molecule has 118 valence electrons. The molecular weight excluding hydrogens is 328 g/mol. The first-order chi connectivity index (χ1) is 10.0. The maximum Gasteiger partial charge on any atom is 0.413 e. The highest BCUT2D eigenvalue weighted by atomic mass is 35.5. The Labute approximate surface area is 127 Å². The van der Waals surface area contributed by atoms with Crippen LogP contribution in [-0.2, 0) is 9.59 Å². The number of anilines is 2. The molecule has 0 saturated heterocycles. The van der Waals surface area contributed by atoms with Crippen LogP contribution in [0.3, 0.4) is 0 Å². The van der Waals surface area contributed by atoms with Crippen molar-refractivity contribution < 1.29 is 27.2 Å². The Balaban J connectivity index is 2.55. The third-order valence-corrected chi connectivity index (χ3v) is 3.52. The number of nitrogens with two attached hydrogens (primary N) is 1. The van der Waals surface area contributed by atoms with E-state index in [1.54, 1.807) is 0 Å². The summed E-state index contributed by atoms with van der Waals surface area (Å²) in [7, 11) is 0. The Kier molecular flexibility index (Phi) is 3.90. The van der Waals surface area contributed by atoms with Crippen LogP contribution in [0.25, 0.3) is 0 Å². The number of carbonyl (C=O) groups is 2. The molecule has 1 aliphatic rings. The number of amides is 2. The number of nitrogen functional groups attached to an aromatic ring is 1. The largest absolute Gasteiger partial charge is 0.413 e. The summed E-state index contributed by atoms with van der Waals surface area (Å²) >= 11 is 5.60. The molecule has 0 fully saturated rings. The van der Waals surface area contributed by atoms with Crippen LogP contribution in [0.4, 0.5) is 28.9 Å². The van der Waals surface area contributed by atoms with Crippen molar-refractivity contribution in [2.24, 2.45) is 5.92 Å². The van der Waals surface area contributed by atoms with Crippen LogP contribution in [0.2, 0.25) is 5.02 Å². The predicted octanol–water partition coefficient (Wildman–Crippen LogP) is 3.06. The Morgan fingerprint density at radius 2 is 1.86 bits per heavy atom. The molecule has 1 aromatic rings. The molecular formula is C13H9ClF4N2O2. The number of carbonyl (C=O) groups excluding carboxylic acids is 2. The van der Waals surface area contributed by atoms with Gasteiger partial charge in [-0.25, -0.2) is 9.29 Å². The topological polar surface area (TPSA) is 63.4 Å². The lowest BCUT2D eigenvalue weighted by Gasteiger charge is -2.30. The van der Waals surface area contributed by atoms with Gasteiger partial charge in [-0.15, -0.1) is 0 Å². The summed E-state index contributed by atoms with van der Waals surface area (Å²) in [5.41, 5.74) is 3.54.